The van der Waals surface area contributed by atoms with Gasteiger partial charge in [0.15, 0.2) is 11.5 Å². The molecule has 0 aromatic carbocycles. The molecule has 0 saturated heterocycles. The third kappa shape index (κ3) is 1.87. The van der Waals surface area contributed by atoms with E-state index < -0.39 is 0 Å². The lowest BCUT2D eigenvalue weighted by molar-refractivity contribution is 0.568. The lowest BCUT2D eigenvalue weighted by atomic mass is 10.2. The summed E-state index contributed by atoms with van der Waals surface area (Å²) in [5, 5.41) is 8.10. The molecule has 3 heterocycles. The van der Waals surface area contributed by atoms with Crippen molar-refractivity contribution in [3.05, 3.63) is 35.8 Å². The first-order chi connectivity index (χ1) is 9.63. The minimum Gasteiger partial charge on any atom is -0.319 e. The second kappa shape index (κ2) is 4.86. The third-order valence-corrected chi connectivity index (χ3v) is 3.72. The molecule has 0 N–H and O–H groups in total. The van der Waals surface area contributed by atoms with Crippen molar-refractivity contribution >= 4 is 22.8 Å². The lowest BCUT2D eigenvalue weighted by Gasteiger charge is -2.15. The fourth-order valence-electron chi connectivity index (χ4n) is 2.44. The Morgan fingerprint density at radius 1 is 1.40 bits per heavy atom. The zero-order chi connectivity index (χ0) is 14.3. The molecule has 3 aromatic rings. The average Bonchev–Trinajstić information content (AvgIpc) is 3.02. The monoisotopic (exact) mass is 290 g/mol. The van der Waals surface area contributed by atoms with E-state index in [9.17, 15) is 0 Å². The van der Waals surface area contributed by atoms with Crippen LogP contribution < -0.4 is 0 Å². The van der Waals surface area contributed by atoms with Crippen molar-refractivity contribution in [3.8, 4) is 0 Å². The van der Waals surface area contributed by atoms with Crippen LogP contribution in [0.5, 0.6) is 0 Å². The first-order valence-corrected chi connectivity index (χ1v) is 6.89. The van der Waals surface area contributed by atoms with Crippen LogP contribution in [-0.2, 0) is 12.9 Å². The van der Waals surface area contributed by atoms with Gasteiger partial charge in [0, 0.05) is 13.2 Å². The number of aryl methyl sites for hydroxylation is 2. The normalized spacial score (nSPS) is 13.0. The molecule has 0 fully saturated rings. The molecule has 1 unspecified atom stereocenters. The summed E-state index contributed by atoms with van der Waals surface area (Å²) >= 11 is 6.05. The molecule has 7 heteroatoms. The van der Waals surface area contributed by atoms with E-state index in [4.69, 9.17) is 11.6 Å². The number of hydrogen-bond acceptors (Lipinski definition) is 4. The molecule has 0 bridgehead atoms. The van der Waals surface area contributed by atoms with E-state index in [2.05, 4.69) is 20.2 Å². The van der Waals surface area contributed by atoms with E-state index in [0.29, 0.717) is 5.88 Å². The van der Waals surface area contributed by atoms with Crippen LogP contribution >= 0.6 is 11.6 Å². The molecule has 20 heavy (non-hydrogen) atoms. The highest BCUT2D eigenvalue weighted by atomic mass is 35.5. The van der Waals surface area contributed by atoms with Gasteiger partial charge in [0.2, 0.25) is 0 Å². The molecule has 0 spiro atoms. The molecule has 0 radical (unpaired) electrons. The first kappa shape index (κ1) is 13.1. The van der Waals surface area contributed by atoms with Gasteiger partial charge in [0.25, 0.3) is 0 Å². The summed E-state index contributed by atoms with van der Waals surface area (Å²) in [5.74, 6) is 1.97. The SMILES string of the molecule is Cc1ccnc2c1nc(CCl)n2C(C)c1nncn1C. The molecule has 1 atom stereocenters. The smallest absolute Gasteiger partial charge is 0.160 e. The van der Waals surface area contributed by atoms with E-state index in [1.165, 1.54) is 0 Å². The van der Waals surface area contributed by atoms with Gasteiger partial charge in [0.1, 0.15) is 17.7 Å². The summed E-state index contributed by atoms with van der Waals surface area (Å²) in [6.45, 7) is 4.07. The van der Waals surface area contributed by atoms with Gasteiger partial charge in [-0.15, -0.1) is 21.8 Å². The largest absolute Gasteiger partial charge is 0.319 e. The number of nitrogens with zero attached hydrogens (tertiary/aromatic N) is 6. The fourth-order valence-corrected chi connectivity index (χ4v) is 2.63. The third-order valence-electron chi connectivity index (χ3n) is 3.48. The molecule has 104 valence electrons. The van der Waals surface area contributed by atoms with Gasteiger partial charge in [-0.05, 0) is 25.5 Å². The molecular formula is C13H15ClN6. The van der Waals surface area contributed by atoms with Crippen LogP contribution in [0.25, 0.3) is 11.2 Å². The summed E-state index contributed by atoms with van der Waals surface area (Å²) in [4.78, 5) is 9.06. The number of rotatable bonds is 3. The molecule has 6 nitrogen and oxygen atoms in total. The second-order valence-electron chi connectivity index (χ2n) is 4.81. The van der Waals surface area contributed by atoms with Crippen LogP contribution in [0.2, 0.25) is 0 Å². The summed E-state index contributed by atoms with van der Waals surface area (Å²) < 4.78 is 3.92. The van der Waals surface area contributed by atoms with Crippen LogP contribution in [0, 0.1) is 6.92 Å². The number of halogens is 1. The first-order valence-electron chi connectivity index (χ1n) is 6.35. The fraction of sp³-hybridized carbons (Fsp3) is 0.385. The summed E-state index contributed by atoms with van der Waals surface area (Å²) in [7, 11) is 1.92. The lowest BCUT2D eigenvalue weighted by Crippen LogP contribution is -2.14. The van der Waals surface area contributed by atoms with Crippen LogP contribution in [0.3, 0.4) is 0 Å². The Kier molecular flexibility index (Phi) is 3.17. The maximum atomic E-state index is 6.05. The number of hydrogen-bond donors (Lipinski definition) is 0. The van der Waals surface area contributed by atoms with Gasteiger partial charge in [-0.3, -0.25) is 0 Å². The highest BCUT2D eigenvalue weighted by Gasteiger charge is 2.21. The van der Waals surface area contributed by atoms with E-state index >= 15 is 0 Å². The van der Waals surface area contributed by atoms with Gasteiger partial charge in [-0.25, -0.2) is 9.97 Å². The summed E-state index contributed by atoms with van der Waals surface area (Å²) in [6.07, 6.45) is 3.47. The zero-order valence-corrected chi connectivity index (χ0v) is 12.3. The Morgan fingerprint density at radius 2 is 2.20 bits per heavy atom. The molecule has 0 aliphatic rings. The summed E-state index contributed by atoms with van der Waals surface area (Å²) in [5.41, 5.74) is 2.80. The van der Waals surface area contributed by atoms with Crippen molar-refractivity contribution < 1.29 is 0 Å². The molecular weight excluding hydrogens is 276 g/mol. The molecule has 0 aliphatic carbocycles. The minimum absolute atomic E-state index is 0.0319. The highest BCUT2D eigenvalue weighted by Crippen LogP contribution is 2.25. The van der Waals surface area contributed by atoms with Crippen molar-refractivity contribution in [1.29, 1.82) is 0 Å². The Labute approximate surface area is 121 Å². The Balaban J connectivity index is 2.25. The van der Waals surface area contributed by atoms with E-state index in [-0.39, 0.29) is 6.04 Å². The van der Waals surface area contributed by atoms with E-state index in [1.54, 1.807) is 12.5 Å². The van der Waals surface area contributed by atoms with Crippen LogP contribution in [0.1, 0.15) is 30.2 Å². The number of fused-ring (bicyclic) bond motifs is 1. The van der Waals surface area contributed by atoms with Gasteiger partial charge in [-0.2, -0.15) is 0 Å². The minimum atomic E-state index is -0.0319. The number of imidazole rings is 1. The quantitative estimate of drug-likeness (QED) is 0.694. The molecule has 0 aliphatic heterocycles. The van der Waals surface area contributed by atoms with Crippen molar-refractivity contribution in [2.45, 2.75) is 25.8 Å². The Bertz CT molecular complexity index is 759. The van der Waals surface area contributed by atoms with E-state index in [0.717, 1.165) is 28.4 Å². The van der Waals surface area contributed by atoms with Crippen LogP contribution in [-0.4, -0.2) is 29.3 Å². The highest BCUT2D eigenvalue weighted by molar-refractivity contribution is 6.16. The Hall–Kier alpha value is -1.95. The van der Waals surface area contributed by atoms with Crippen LogP contribution in [0.15, 0.2) is 18.6 Å². The molecule has 3 aromatic heterocycles. The predicted molar refractivity (Wildman–Crippen MR) is 76.6 cm³/mol. The van der Waals surface area contributed by atoms with Gasteiger partial charge < -0.3 is 9.13 Å². The number of alkyl halides is 1. The molecule has 0 amide bonds. The topological polar surface area (TPSA) is 61.4 Å². The van der Waals surface area contributed by atoms with Crippen molar-refractivity contribution in [2.24, 2.45) is 7.05 Å². The molecule has 3 rings (SSSR count). The van der Waals surface area contributed by atoms with Crippen molar-refractivity contribution in [3.63, 3.8) is 0 Å². The zero-order valence-electron chi connectivity index (χ0n) is 11.6. The van der Waals surface area contributed by atoms with Crippen LogP contribution in [0.4, 0.5) is 0 Å². The second-order valence-corrected chi connectivity index (χ2v) is 5.08. The number of pyridine rings is 1. The Morgan fingerprint density at radius 3 is 2.85 bits per heavy atom. The van der Waals surface area contributed by atoms with Gasteiger partial charge in [0.05, 0.1) is 11.9 Å². The number of aromatic nitrogens is 6. The van der Waals surface area contributed by atoms with Gasteiger partial charge in [-0.1, -0.05) is 0 Å². The molecule has 0 saturated carbocycles. The van der Waals surface area contributed by atoms with Crippen molar-refractivity contribution in [1.82, 2.24) is 29.3 Å². The maximum Gasteiger partial charge on any atom is 0.160 e. The summed E-state index contributed by atoms with van der Waals surface area (Å²) in [6, 6.07) is 1.92. The van der Waals surface area contributed by atoms with E-state index in [1.807, 2.05) is 36.1 Å². The van der Waals surface area contributed by atoms with Crippen molar-refractivity contribution in [2.75, 3.05) is 0 Å². The van der Waals surface area contributed by atoms with Gasteiger partial charge >= 0.3 is 0 Å². The maximum absolute atomic E-state index is 6.05. The standard InChI is InChI=1S/C13H15ClN6/c1-8-4-5-15-13-11(8)17-10(6-14)20(13)9(2)12-18-16-7-19(12)3/h4-5,7,9H,6H2,1-3H3. The average molecular weight is 291 g/mol. The predicted octanol–water partition coefficient (Wildman–Crippen LogP) is 2.22.